The largest absolute Gasteiger partial charge is 0.384 e. The van der Waals surface area contributed by atoms with Crippen LogP contribution < -0.4 is 0 Å². The summed E-state index contributed by atoms with van der Waals surface area (Å²) in [5.74, 6) is 0. The highest BCUT2D eigenvalue weighted by Gasteiger charge is 2.15. The molecule has 1 unspecified atom stereocenters. The average Bonchev–Trinajstić information content (AvgIpc) is 2.46. The average molecular weight is 274 g/mol. The van der Waals surface area contributed by atoms with Gasteiger partial charge in [0, 0.05) is 24.3 Å². The number of benzene rings is 2. The molecule has 1 atom stereocenters. The molecule has 20 heavy (non-hydrogen) atoms. The smallest absolute Gasteiger partial charge is 0.269 e. The van der Waals surface area contributed by atoms with Gasteiger partial charge in [-0.25, -0.2) is 0 Å². The van der Waals surface area contributed by atoms with Crippen LogP contribution in [0.3, 0.4) is 0 Å². The van der Waals surface area contributed by atoms with Crippen molar-refractivity contribution in [3.63, 3.8) is 0 Å². The molecule has 2 rings (SSSR count). The van der Waals surface area contributed by atoms with Gasteiger partial charge in [-0.05, 0) is 23.3 Å². The first-order valence-corrected chi connectivity index (χ1v) is 5.66. The lowest BCUT2D eigenvalue weighted by Crippen LogP contribution is -2.01. The maximum Gasteiger partial charge on any atom is 0.269 e. The van der Waals surface area contributed by atoms with E-state index in [-0.39, 0.29) is 11.4 Å². The maximum absolute atomic E-state index is 10.7. The first kappa shape index (κ1) is 13.6. The van der Waals surface area contributed by atoms with E-state index >= 15 is 0 Å². The molecule has 0 aromatic heterocycles. The highest BCUT2D eigenvalue weighted by atomic mass is 16.6. The molecule has 0 bridgehead atoms. The van der Waals surface area contributed by atoms with E-state index in [4.69, 9.17) is 0 Å². The minimum Gasteiger partial charge on any atom is -0.384 e. The topological polar surface area (TPSA) is 107 Å². The molecule has 1 N–H and O–H groups in total. The molecule has 2 aromatic rings. The predicted molar refractivity (Wildman–Crippen MR) is 70.3 cm³/mol. The number of nitrogens with zero attached hydrogens (tertiary/aromatic N) is 2. The number of nitro groups is 2. The zero-order valence-electron chi connectivity index (χ0n) is 10.2. The van der Waals surface area contributed by atoms with E-state index in [2.05, 4.69) is 0 Å². The van der Waals surface area contributed by atoms with Gasteiger partial charge in [0.25, 0.3) is 11.4 Å². The molecule has 102 valence electrons. The second-order valence-electron chi connectivity index (χ2n) is 4.10. The summed E-state index contributed by atoms with van der Waals surface area (Å²) in [6, 6.07) is 11.0. The van der Waals surface area contributed by atoms with Crippen LogP contribution in [0.2, 0.25) is 0 Å². The van der Waals surface area contributed by atoms with Crippen LogP contribution in [0, 0.1) is 20.2 Å². The summed E-state index contributed by atoms with van der Waals surface area (Å²) in [6.07, 6.45) is -1.07. The van der Waals surface area contributed by atoms with Crippen molar-refractivity contribution in [1.29, 1.82) is 0 Å². The molecule has 0 amide bonds. The molecule has 0 saturated carbocycles. The van der Waals surface area contributed by atoms with Gasteiger partial charge in [0.1, 0.15) is 6.10 Å². The Hall–Kier alpha value is -2.80. The number of hydrogen-bond acceptors (Lipinski definition) is 5. The molecule has 0 aliphatic carbocycles. The van der Waals surface area contributed by atoms with Crippen LogP contribution in [0.15, 0.2) is 48.5 Å². The van der Waals surface area contributed by atoms with Crippen LogP contribution in [-0.2, 0) is 0 Å². The van der Waals surface area contributed by atoms with Crippen molar-refractivity contribution in [2.75, 3.05) is 0 Å². The summed E-state index contributed by atoms with van der Waals surface area (Å²) >= 11 is 0. The lowest BCUT2D eigenvalue weighted by atomic mass is 10.0. The van der Waals surface area contributed by atoms with Crippen molar-refractivity contribution in [1.82, 2.24) is 0 Å². The van der Waals surface area contributed by atoms with Crippen molar-refractivity contribution < 1.29 is 15.0 Å². The number of nitro benzene ring substituents is 2. The first-order chi connectivity index (χ1) is 9.49. The number of aliphatic hydroxyl groups is 1. The SMILES string of the molecule is O=[N+]([O-])c1ccc(C(O)c2cccc([N+](=O)[O-])c2)cc1. The molecule has 7 nitrogen and oxygen atoms in total. The minimum atomic E-state index is -1.07. The van der Waals surface area contributed by atoms with E-state index in [1.54, 1.807) is 6.07 Å². The Labute approximate surface area is 113 Å². The summed E-state index contributed by atoms with van der Waals surface area (Å²) in [5.41, 5.74) is 0.576. The molecule has 0 heterocycles. The van der Waals surface area contributed by atoms with E-state index in [1.165, 1.54) is 42.5 Å². The van der Waals surface area contributed by atoms with E-state index in [0.29, 0.717) is 11.1 Å². The Morgan fingerprint density at radius 3 is 2.00 bits per heavy atom. The standard InChI is InChI=1S/C13H10N2O5/c16-13(9-4-6-11(7-5-9)14(17)18)10-2-1-3-12(8-10)15(19)20/h1-8,13,16H. The third-order valence-corrected chi connectivity index (χ3v) is 2.82. The summed E-state index contributed by atoms with van der Waals surface area (Å²) < 4.78 is 0. The Bertz CT molecular complexity index is 654. The molecule has 0 aliphatic heterocycles. The van der Waals surface area contributed by atoms with Gasteiger partial charge >= 0.3 is 0 Å². The summed E-state index contributed by atoms with van der Waals surface area (Å²) in [7, 11) is 0. The first-order valence-electron chi connectivity index (χ1n) is 5.66. The van der Waals surface area contributed by atoms with Crippen LogP contribution >= 0.6 is 0 Å². The van der Waals surface area contributed by atoms with Crippen LogP contribution in [0.4, 0.5) is 11.4 Å². The van der Waals surface area contributed by atoms with Crippen molar-refractivity contribution >= 4 is 11.4 Å². The molecule has 0 spiro atoms. The Morgan fingerprint density at radius 2 is 1.45 bits per heavy atom. The summed E-state index contributed by atoms with van der Waals surface area (Å²) in [4.78, 5) is 20.1. The monoisotopic (exact) mass is 274 g/mol. The lowest BCUT2D eigenvalue weighted by Gasteiger charge is -2.10. The van der Waals surface area contributed by atoms with Gasteiger partial charge in [-0.1, -0.05) is 12.1 Å². The third-order valence-electron chi connectivity index (χ3n) is 2.82. The van der Waals surface area contributed by atoms with Crippen LogP contribution in [0.25, 0.3) is 0 Å². The Kier molecular flexibility index (Phi) is 3.72. The van der Waals surface area contributed by atoms with Crippen molar-refractivity contribution in [3.8, 4) is 0 Å². The fraction of sp³-hybridized carbons (Fsp3) is 0.0769. The second kappa shape index (κ2) is 5.45. The van der Waals surface area contributed by atoms with Gasteiger partial charge in [-0.3, -0.25) is 20.2 Å². The van der Waals surface area contributed by atoms with E-state index in [1.807, 2.05) is 0 Å². The zero-order valence-corrected chi connectivity index (χ0v) is 10.2. The van der Waals surface area contributed by atoms with Gasteiger partial charge in [0.05, 0.1) is 9.85 Å². The molecule has 0 aliphatic rings. The highest BCUT2D eigenvalue weighted by Crippen LogP contribution is 2.26. The fourth-order valence-electron chi connectivity index (χ4n) is 1.78. The lowest BCUT2D eigenvalue weighted by molar-refractivity contribution is -0.385. The van der Waals surface area contributed by atoms with Gasteiger partial charge in [0.15, 0.2) is 0 Å². The molecule has 0 fully saturated rings. The van der Waals surface area contributed by atoms with E-state index in [0.717, 1.165) is 0 Å². The second-order valence-corrected chi connectivity index (χ2v) is 4.10. The van der Waals surface area contributed by atoms with Crippen LogP contribution in [0.1, 0.15) is 17.2 Å². The van der Waals surface area contributed by atoms with Gasteiger partial charge in [-0.15, -0.1) is 0 Å². The fourth-order valence-corrected chi connectivity index (χ4v) is 1.78. The van der Waals surface area contributed by atoms with Crippen molar-refractivity contribution in [3.05, 3.63) is 79.9 Å². The van der Waals surface area contributed by atoms with Crippen molar-refractivity contribution in [2.45, 2.75) is 6.10 Å². The zero-order chi connectivity index (χ0) is 14.7. The molecular weight excluding hydrogens is 264 g/mol. The predicted octanol–water partition coefficient (Wildman–Crippen LogP) is 2.58. The van der Waals surface area contributed by atoms with Gasteiger partial charge < -0.3 is 5.11 Å². The molecule has 0 radical (unpaired) electrons. The van der Waals surface area contributed by atoms with Gasteiger partial charge in [-0.2, -0.15) is 0 Å². The van der Waals surface area contributed by atoms with E-state index < -0.39 is 16.0 Å². The number of aliphatic hydroxyl groups excluding tert-OH is 1. The normalized spacial score (nSPS) is 11.8. The van der Waals surface area contributed by atoms with Crippen LogP contribution in [-0.4, -0.2) is 15.0 Å². The number of non-ortho nitro benzene ring substituents is 2. The molecular formula is C13H10N2O5. The van der Waals surface area contributed by atoms with Crippen molar-refractivity contribution in [2.24, 2.45) is 0 Å². The Morgan fingerprint density at radius 1 is 0.850 bits per heavy atom. The number of hydrogen-bond donors (Lipinski definition) is 1. The van der Waals surface area contributed by atoms with Gasteiger partial charge in [0.2, 0.25) is 0 Å². The quantitative estimate of drug-likeness (QED) is 0.681. The minimum absolute atomic E-state index is 0.0833. The molecule has 7 heteroatoms. The Balaban J connectivity index is 2.30. The molecule has 0 saturated heterocycles. The highest BCUT2D eigenvalue weighted by molar-refractivity contribution is 5.41. The summed E-state index contributed by atoms with van der Waals surface area (Å²) in [5, 5.41) is 31.4. The number of rotatable bonds is 4. The maximum atomic E-state index is 10.7. The third kappa shape index (κ3) is 2.78. The van der Waals surface area contributed by atoms with E-state index in [9.17, 15) is 25.3 Å². The summed E-state index contributed by atoms with van der Waals surface area (Å²) in [6.45, 7) is 0. The van der Waals surface area contributed by atoms with Crippen LogP contribution in [0.5, 0.6) is 0 Å². The molecule has 2 aromatic carbocycles.